The van der Waals surface area contributed by atoms with E-state index in [0.29, 0.717) is 0 Å². The summed E-state index contributed by atoms with van der Waals surface area (Å²) in [6.07, 6.45) is 9.51. The molecule has 2 saturated carbocycles. The minimum absolute atomic E-state index is 0.847. The van der Waals surface area contributed by atoms with Gasteiger partial charge in [0.05, 0.1) is 11.8 Å². The van der Waals surface area contributed by atoms with Gasteiger partial charge in [-0.25, -0.2) is 9.97 Å². The number of aryl methyl sites for hydroxylation is 1. The Balaban J connectivity index is 1.52. The summed E-state index contributed by atoms with van der Waals surface area (Å²) in [4.78, 5) is 8.91. The fourth-order valence-corrected chi connectivity index (χ4v) is 4.05. The average molecular weight is 256 g/mol. The molecule has 0 amide bonds. The molecule has 2 aliphatic rings. The maximum absolute atomic E-state index is 4.46. The van der Waals surface area contributed by atoms with Crippen molar-refractivity contribution in [2.75, 3.05) is 11.9 Å². The topological polar surface area (TPSA) is 42.7 Å². The van der Waals surface area contributed by atoms with Gasteiger partial charge in [0.15, 0.2) is 5.82 Å². The second-order valence-corrected chi connectivity index (χ2v) is 6.20. The van der Waals surface area contributed by atoms with Gasteiger partial charge in [-0.1, -0.05) is 6.42 Å². The van der Waals surface area contributed by atoms with E-state index >= 15 is 0 Å². The van der Waals surface area contributed by atoms with Crippen molar-refractivity contribution in [1.29, 1.82) is 0 Å². The molecule has 4 rings (SSSR count). The molecule has 2 aromatic heterocycles. The molecule has 3 unspecified atom stereocenters. The van der Waals surface area contributed by atoms with Crippen LogP contribution < -0.4 is 5.32 Å². The maximum atomic E-state index is 4.46. The Bertz CT molecular complexity index is 603. The van der Waals surface area contributed by atoms with E-state index in [2.05, 4.69) is 15.3 Å². The lowest BCUT2D eigenvalue weighted by atomic mass is 9.89. The molecule has 19 heavy (non-hydrogen) atoms. The van der Waals surface area contributed by atoms with E-state index in [-0.39, 0.29) is 0 Å². The minimum atomic E-state index is 0.847. The summed E-state index contributed by atoms with van der Waals surface area (Å²) >= 11 is 0. The van der Waals surface area contributed by atoms with Crippen LogP contribution >= 0.6 is 0 Å². The molecule has 2 bridgehead atoms. The SMILES string of the molecule is Cn1cnc2c(NCC3CC4CCC3C4)nccc21. The third kappa shape index (κ3) is 1.81. The summed E-state index contributed by atoms with van der Waals surface area (Å²) < 4.78 is 2.04. The van der Waals surface area contributed by atoms with Crippen LogP contribution in [0.3, 0.4) is 0 Å². The number of hydrogen-bond acceptors (Lipinski definition) is 3. The number of rotatable bonds is 3. The quantitative estimate of drug-likeness (QED) is 0.918. The van der Waals surface area contributed by atoms with Gasteiger partial charge in [0, 0.05) is 19.8 Å². The zero-order valence-electron chi connectivity index (χ0n) is 11.3. The van der Waals surface area contributed by atoms with Crippen LogP contribution in [0.4, 0.5) is 5.82 Å². The molecule has 2 aromatic rings. The van der Waals surface area contributed by atoms with Crippen molar-refractivity contribution >= 4 is 16.9 Å². The Morgan fingerprint density at radius 3 is 3.05 bits per heavy atom. The minimum Gasteiger partial charge on any atom is -0.368 e. The normalized spacial score (nSPS) is 29.2. The van der Waals surface area contributed by atoms with Gasteiger partial charge in [0.2, 0.25) is 0 Å². The van der Waals surface area contributed by atoms with Gasteiger partial charge in [-0.3, -0.25) is 0 Å². The Morgan fingerprint density at radius 1 is 1.32 bits per heavy atom. The van der Waals surface area contributed by atoms with Crippen LogP contribution in [0.2, 0.25) is 0 Å². The van der Waals surface area contributed by atoms with Crippen LogP contribution in [0, 0.1) is 17.8 Å². The van der Waals surface area contributed by atoms with Crippen molar-refractivity contribution in [3.63, 3.8) is 0 Å². The molecule has 0 saturated heterocycles. The van der Waals surface area contributed by atoms with Crippen LogP contribution in [0.1, 0.15) is 25.7 Å². The lowest BCUT2D eigenvalue weighted by molar-refractivity contribution is 0.348. The summed E-state index contributed by atoms with van der Waals surface area (Å²) in [7, 11) is 2.02. The third-order valence-corrected chi connectivity index (χ3v) is 5.06. The van der Waals surface area contributed by atoms with Crippen LogP contribution in [0.25, 0.3) is 11.0 Å². The number of fused-ring (bicyclic) bond motifs is 3. The molecule has 0 radical (unpaired) electrons. The Kier molecular flexibility index (Phi) is 2.50. The van der Waals surface area contributed by atoms with Crippen LogP contribution in [0.15, 0.2) is 18.6 Å². The molecule has 1 N–H and O–H groups in total. The molecule has 100 valence electrons. The highest BCUT2D eigenvalue weighted by molar-refractivity contribution is 5.85. The lowest BCUT2D eigenvalue weighted by Crippen LogP contribution is -2.20. The second-order valence-electron chi connectivity index (χ2n) is 6.20. The molecule has 2 heterocycles. The van der Waals surface area contributed by atoms with Gasteiger partial charge in [-0.15, -0.1) is 0 Å². The molecular weight excluding hydrogens is 236 g/mol. The molecule has 0 aliphatic heterocycles. The predicted molar refractivity (Wildman–Crippen MR) is 75.9 cm³/mol. The molecule has 0 spiro atoms. The third-order valence-electron chi connectivity index (χ3n) is 5.06. The Labute approximate surface area is 113 Å². The summed E-state index contributed by atoms with van der Waals surface area (Å²) in [6, 6.07) is 2.02. The standard InChI is InChI=1S/C15H20N4/c1-19-9-18-14-13(19)4-5-16-15(14)17-8-12-7-10-2-3-11(12)6-10/h4-5,9-12H,2-3,6-8H2,1H3,(H,16,17). The molecule has 3 atom stereocenters. The van der Waals surface area contributed by atoms with Gasteiger partial charge in [-0.05, 0) is 43.1 Å². The van der Waals surface area contributed by atoms with E-state index in [1.807, 2.05) is 30.2 Å². The van der Waals surface area contributed by atoms with Crippen LogP contribution in [0.5, 0.6) is 0 Å². The maximum Gasteiger partial charge on any atom is 0.154 e. The summed E-state index contributed by atoms with van der Waals surface area (Å²) in [5.41, 5.74) is 2.14. The van der Waals surface area contributed by atoms with Crippen molar-refractivity contribution in [3.8, 4) is 0 Å². The predicted octanol–water partition coefficient (Wildman–Crippen LogP) is 2.82. The highest BCUT2D eigenvalue weighted by atomic mass is 15.1. The highest BCUT2D eigenvalue weighted by Gasteiger charge is 2.39. The monoisotopic (exact) mass is 256 g/mol. The highest BCUT2D eigenvalue weighted by Crippen LogP contribution is 2.48. The number of anilines is 1. The van der Waals surface area contributed by atoms with Crippen molar-refractivity contribution in [2.45, 2.75) is 25.7 Å². The molecule has 0 aromatic carbocycles. The zero-order valence-corrected chi connectivity index (χ0v) is 11.3. The van der Waals surface area contributed by atoms with Crippen molar-refractivity contribution in [2.24, 2.45) is 24.8 Å². The fourth-order valence-electron chi connectivity index (χ4n) is 4.05. The van der Waals surface area contributed by atoms with Gasteiger partial charge < -0.3 is 9.88 Å². The molecule has 4 nitrogen and oxygen atoms in total. The fraction of sp³-hybridized carbons (Fsp3) is 0.600. The molecule has 2 fully saturated rings. The Morgan fingerprint density at radius 2 is 2.26 bits per heavy atom. The van der Waals surface area contributed by atoms with E-state index in [1.54, 1.807) is 0 Å². The summed E-state index contributed by atoms with van der Waals surface area (Å²) in [5, 5.41) is 3.54. The van der Waals surface area contributed by atoms with Crippen LogP contribution in [-0.4, -0.2) is 21.1 Å². The van der Waals surface area contributed by atoms with E-state index in [0.717, 1.165) is 41.1 Å². The first-order valence-electron chi connectivity index (χ1n) is 7.31. The first kappa shape index (κ1) is 11.3. The molecule has 4 heteroatoms. The first-order valence-corrected chi connectivity index (χ1v) is 7.31. The Hall–Kier alpha value is -1.58. The van der Waals surface area contributed by atoms with Gasteiger partial charge in [0.25, 0.3) is 0 Å². The van der Waals surface area contributed by atoms with E-state index in [9.17, 15) is 0 Å². The number of pyridine rings is 1. The van der Waals surface area contributed by atoms with E-state index < -0.39 is 0 Å². The number of aromatic nitrogens is 3. The number of imidazole rings is 1. The number of hydrogen-bond donors (Lipinski definition) is 1. The smallest absolute Gasteiger partial charge is 0.154 e. The van der Waals surface area contributed by atoms with E-state index in [4.69, 9.17) is 0 Å². The number of nitrogens with one attached hydrogen (secondary N) is 1. The van der Waals surface area contributed by atoms with Crippen LogP contribution in [-0.2, 0) is 7.05 Å². The van der Waals surface area contributed by atoms with Gasteiger partial charge >= 0.3 is 0 Å². The van der Waals surface area contributed by atoms with Gasteiger partial charge in [0.1, 0.15) is 5.52 Å². The number of nitrogens with zero attached hydrogens (tertiary/aromatic N) is 3. The first-order chi connectivity index (χ1) is 9.31. The van der Waals surface area contributed by atoms with Gasteiger partial charge in [-0.2, -0.15) is 0 Å². The molecular formula is C15H20N4. The molecule has 2 aliphatic carbocycles. The summed E-state index contributed by atoms with van der Waals surface area (Å²) in [6.45, 7) is 1.06. The lowest BCUT2D eigenvalue weighted by Gasteiger charge is -2.22. The second kappa shape index (κ2) is 4.22. The average Bonchev–Trinajstić information content (AvgIpc) is 3.12. The summed E-state index contributed by atoms with van der Waals surface area (Å²) in [5.74, 6) is 3.76. The largest absolute Gasteiger partial charge is 0.368 e. The zero-order chi connectivity index (χ0) is 12.8. The van der Waals surface area contributed by atoms with Crippen molar-refractivity contribution < 1.29 is 0 Å². The van der Waals surface area contributed by atoms with Crippen molar-refractivity contribution in [1.82, 2.24) is 14.5 Å². The van der Waals surface area contributed by atoms with Crippen molar-refractivity contribution in [3.05, 3.63) is 18.6 Å². The van der Waals surface area contributed by atoms with E-state index in [1.165, 1.54) is 25.7 Å².